The highest BCUT2D eigenvalue weighted by Crippen LogP contribution is 2.19. The zero-order valence-electron chi connectivity index (χ0n) is 11.6. The molecule has 5 heteroatoms. The molecule has 1 aliphatic heterocycles. The first kappa shape index (κ1) is 15.0. The van der Waals surface area contributed by atoms with Crippen molar-refractivity contribution in [3.63, 3.8) is 0 Å². The lowest BCUT2D eigenvalue weighted by Crippen LogP contribution is -2.32. The molecule has 3 rings (SSSR count). The van der Waals surface area contributed by atoms with Crippen LogP contribution in [0.3, 0.4) is 0 Å². The zero-order chi connectivity index (χ0) is 13.1. The molecular weight excluding hydrogens is 274 g/mol. The van der Waals surface area contributed by atoms with Crippen LogP contribution in [-0.2, 0) is 6.54 Å². The zero-order valence-corrected chi connectivity index (χ0v) is 12.4. The molecule has 0 radical (unpaired) electrons. The quantitative estimate of drug-likeness (QED) is 0.941. The third kappa shape index (κ3) is 3.39. The van der Waals surface area contributed by atoms with Gasteiger partial charge >= 0.3 is 0 Å². The summed E-state index contributed by atoms with van der Waals surface area (Å²) >= 11 is 0. The topological polar surface area (TPSA) is 41.3 Å². The van der Waals surface area contributed by atoms with E-state index >= 15 is 0 Å². The molecule has 0 amide bonds. The third-order valence-electron chi connectivity index (χ3n) is 3.64. The van der Waals surface area contributed by atoms with Crippen molar-refractivity contribution in [2.45, 2.75) is 19.0 Å². The minimum Gasteiger partial charge on any atom is -0.444 e. The Morgan fingerprint density at radius 3 is 2.85 bits per heavy atom. The fraction of sp³-hybridized carbons (Fsp3) is 0.400. The molecule has 0 bridgehead atoms. The van der Waals surface area contributed by atoms with E-state index in [1.54, 1.807) is 6.26 Å². The van der Waals surface area contributed by atoms with E-state index in [1.165, 1.54) is 6.42 Å². The first-order valence-corrected chi connectivity index (χ1v) is 6.74. The molecule has 1 aromatic carbocycles. The Morgan fingerprint density at radius 1 is 1.35 bits per heavy atom. The molecule has 108 valence electrons. The van der Waals surface area contributed by atoms with Gasteiger partial charge < -0.3 is 9.73 Å². The Kier molecular flexibility index (Phi) is 5.17. The predicted octanol–water partition coefficient (Wildman–Crippen LogP) is 2.56. The van der Waals surface area contributed by atoms with Crippen molar-refractivity contribution in [3.05, 3.63) is 42.3 Å². The second-order valence-corrected chi connectivity index (χ2v) is 5.07. The molecule has 1 unspecified atom stereocenters. The lowest BCUT2D eigenvalue weighted by Gasteiger charge is -2.21. The summed E-state index contributed by atoms with van der Waals surface area (Å²) in [6, 6.07) is 10.6. The van der Waals surface area contributed by atoms with Gasteiger partial charge in [0, 0.05) is 24.7 Å². The monoisotopic (exact) mass is 293 g/mol. The van der Waals surface area contributed by atoms with Gasteiger partial charge in [-0.2, -0.15) is 0 Å². The van der Waals surface area contributed by atoms with E-state index in [4.69, 9.17) is 4.42 Å². The molecule has 4 nitrogen and oxygen atoms in total. The van der Waals surface area contributed by atoms with E-state index in [2.05, 4.69) is 22.2 Å². The van der Waals surface area contributed by atoms with Crippen molar-refractivity contribution in [3.8, 4) is 11.5 Å². The first-order chi connectivity index (χ1) is 9.33. The van der Waals surface area contributed by atoms with Gasteiger partial charge in [0.05, 0.1) is 5.69 Å². The Morgan fingerprint density at radius 2 is 2.15 bits per heavy atom. The van der Waals surface area contributed by atoms with E-state index in [0.29, 0.717) is 11.9 Å². The maximum atomic E-state index is 5.56. The van der Waals surface area contributed by atoms with Crippen LogP contribution >= 0.6 is 12.4 Å². The first-order valence-electron chi connectivity index (χ1n) is 6.74. The summed E-state index contributed by atoms with van der Waals surface area (Å²) in [6.07, 6.45) is 2.97. The van der Waals surface area contributed by atoms with Gasteiger partial charge in [-0.1, -0.05) is 18.2 Å². The average molecular weight is 294 g/mol. The lowest BCUT2D eigenvalue weighted by molar-refractivity contribution is 0.246. The van der Waals surface area contributed by atoms with E-state index in [9.17, 15) is 0 Å². The number of hydrogen-bond acceptors (Lipinski definition) is 4. The van der Waals surface area contributed by atoms with Crippen LogP contribution in [-0.4, -0.2) is 36.1 Å². The summed E-state index contributed by atoms with van der Waals surface area (Å²) in [5.41, 5.74) is 2.02. The van der Waals surface area contributed by atoms with Gasteiger partial charge in [-0.25, -0.2) is 4.98 Å². The molecule has 1 fully saturated rings. The van der Waals surface area contributed by atoms with Crippen LogP contribution in [0.4, 0.5) is 0 Å². The highest BCUT2D eigenvalue weighted by molar-refractivity contribution is 5.85. The van der Waals surface area contributed by atoms with Crippen LogP contribution in [0, 0.1) is 0 Å². The number of halogens is 1. The number of hydrogen-bond donors (Lipinski definition) is 1. The summed E-state index contributed by atoms with van der Waals surface area (Å²) in [6.45, 7) is 3.02. The van der Waals surface area contributed by atoms with Crippen molar-refractivity contribution in [2.75, 3.05) is 20.1 Å². The number of nitrogens with one attached hydrogen (secondary N) is 1. The summed E-state index contributed by atoms with van der Waals surface area (Å²) in [5, 5.41) is 3.38. The van der Waals surface area contributed by atoms with Crippen LogP contribution in [0.15, 0.2) is 41.0 Å². The molecule has 1 atom stereocenters. The van der Waals surface area contributed by atoms with Crippen LogP contribution in [0.2, 0.25) is 0 Å². The highest BCUT2D eigenvalue weighted by atomic mass is 35.5. The van der Waals surface area contributed by atoms with Gasteiger partial charge in [0.2, 0.25) is 5.89 Å². The Hall–Kier alpha value is -1.36. The van der Waals surface area contributed by atoms with Crippen LogP contribution in [0.25, 0.3) is 11.5 Å². The average Bonchev–Trinajstić information content (AvgIpc) is 3.11. The molecule has 0 saturated carbocycles. The van der Waals surface area contributed by atoms with E-state index in [-0.39, 0.29) is 12.4 Å². The molecule has 0 aliphatic carbocycles. The molecule has 1 saturated heterocycles. The van der Waals surface area contributed by atoms with Crippen LogP contribution < -0.4 is 5.32 Å². The van der Waals surface area contributed by atoms with Gasteiger partial charge in [-0.3, -0.25) is 4.90 Å². The number of benzene rings is 1. The second kappa shape index (κ2) is 6.88. The maximum Gasteiger partial charge on any atom is 0.226 e. The molecule has 2 aromatic rings. The molecular formula is C15H20ClN3O. The van der Waals surface area contributed by atoms with Crippen LogP contribution in [0.5, 0.6) is 0 Å². The number of likely N-dealkylation sites (N-methyl/N-ethyl adjacent to an activating group) is 1. The summed E-state index contributed by atoms with van der Waals surface area (Å²) < 4.78 is 5.56. The SMILES string of the molecule is CN(Cc1coc(-c2ccccc2)n1)C1CCNC1.Cl. The summed E-state index contributed by atoms with van der Waals surface area (Å²) in [5.74, 6) is 0.702. The molecule has 1 aliphatic rings. The molecule has 20 heavy (non-hydrogen) atoms. The molecule has 1 aromatic heterocycles. The fourth-order valence-electron chi connectivity index (χ4n) is 2.49. The molecule has 0 spiro atoms. The van der Waals surface area contributed by atoms with Gasteiger partial charge in [0.25, 0.3) is 0 Å². The highest BCUT2D eigenvalue weighted by Gasteiger charge is 2.20. The predicted molar refractivity (Wildman–Crippen MR) is 81.9 cm³/mol. The lowest BCUT2D eigenvalue weighted by atomic mass is 10.2. The van der Waals surface area contributed by atoms with Crippen molar-refractivity contribution < 1.29 is 4.42 Å². The van der Waals surface area contributed by atoms with Crippen molar-refractivity contribution in [1.82, 2.24) is 15.2 Å². The van der Waals surface area contributed by atoms with Crippen molar-refractivity contribution in [2.24, 2.45) is 0 Å². The minimum absolute atomic E-state index is 0. The van der Waals surface area contributed by atoms with Gasteiger partial charge in [0.1, 0.15) is 6.26 Å². The van der Waals surface area contributed by atoms with Gasteiger partial charge in [-0.15, -0.1) is 12.4 Å². The van der Waals surface area contributed by atoms with E-state index in [1.807, 2.05) is 30.3 Å². The number of oxazole rings is 1. The van der Waals surface area contributed by atoms with E-state index < -0.39 is 0 Å². The summed E-state index contributed by atoms with van der Waals surface area (Å²) in [4.78, 5) is 6.90. The standard InChI is InChI=1S/C15H19N3O.ClH/c1-18(14-7-8-16-9-14)10-13-11-19-15(17-13)12-5-3-2-4-6-12;/h2-6,11,14,16H,7-10H2,1H3;1H. The second-order valence-electron chi connectivity index (χ2n) is 5.07. The maximum absolute atomic E-state index is 5.56. The molecule has 1 N–H and O–H groups in total. The van der Waals surface area contributed by atoms with Crippen molar-refractivity contribution >= 4 is 12.4 Å². The number of rotatable bonds is 4. The molecule has 2 heterocycles. The van der Waals surface area contributed by atoms with Crippen molar-refractivity contribution in [1.29, 1.82) is 0 Å². The van der Waals surface area contributed by atoms with Crippen LogP contribution in [0.1, 0.15) is 12.1 Å². The van der Waals surface area contributed by atoms with Gasteiger partial charge in [-0.05, 0) is 32.1 Å². The Bertz CT molecular complexity index is 523. The normalized spacial score (nSPS) is 18.2. The Balaban J connectivity index is 0.00000147. The number of nitrogens with zero attached hydrogens (tertiary/aromatic N) is 2. The van der Waals surface area contributed by atoms with Gasteiger partial charge in [0.15, 0.2) is 0 Å². The third-order valence-corrected chi connectivity index (χ3v) is 3.64. The van der Waals surface area contributed by atoms with E-state index in [0.717, 1.165) is 30.9 Å². The fourth-order valence-corrected chi connectivity index (χ4v) is 2.49. The number of aromatic nitrogens is 1. The Labute approximate surface area is 125 Å². The summed E-state index contributed by atoms with van der Waals surface area (Å²) in [7, 11) is 2.15. The smallest absolute Gasteiger partial charge is 0.226 e. The largest absolute Gasteiger partial charge is 0.444 e. The minimum atomic E-state index is 0.